The first-order valence-corrected chi connectivity index (χ1v) is 12.4. The first kappa shape index (κ1) is 25.5. The number of benzene rings is 1. The number of fused-ring (bicyclic) bond motifs is 1. The zero-order chi connectivity index (χ0) is 26.6. The second-order valence-corrected chi connectivity index (χ2v) is 9.20. The average Bonchev–Trinajstić information content (AvgIpc) is 3.28. The second kappa shape index (κ2) is 11.1. The molecule has 0 atom stereocenters. The van der Waals surface area contributed by atoms with Gasteiger partial charge in [-0.15, -0.1) is 0 Å². The van der Waals surface area contributed by atoms with Crippen molar-refractivity contribution in [1.29, 1.82) is 0 Å². The Kier molecular flexibility index (Phi) is 7.43. The van der Waals surface area contributed by atoms with Gasteiger partial charge in [-0.1, -0.05) is 0 Å². The van der Waals surface area contributed by atoms with Gasteiger partial charge in [0.25, 0.3) is 0 Å². The molecule has 0 unspecified atom stereocenters. The van der Waals surface area contributed by atoms with Crippen LogP contribution in [0.3, 0.4) is 0 Å². The molecule has 0 aliphatic carbocycles. The number of aliphatic hydroxyl groups is 1. The Morgan fingerprint density at radius 3 is 2.39 bits per heavy atom. The minimum Gasteiger partial charge on any atom is -0.497 e. The number of hydrogen-bond donors (Lipinski definition) is 1. The molecule has 0 bridgehead atoms. The largest absolute Gasteiger partial charge is 0.497 e. The second-order valence-electron chi connectivity index (χ2n) is 9.20. The molecule has 1 aliphatic rings. The summed E-state index contributed by atoms with van der Waals surface area (Å²) in [6.07, 6.45) is 3.73. The molecule has 198 valence electrons. The zero-order valence-corrected chi connectivity index (χ0v) is 21.8. The molecule has 1 aromatic carbocycles. The number of ether oxygens (including phenoxy) is 1. The molecule has 0 spiro atoms. The third-order valence-corrected chi connectivity index (χ3v) is 6.74. The maximum absolute atomic E-state index is 11.0. The quantitative estimate of drug-likeness (QED) is 0.324. The Balaban J connectivity index is 1.52. The maximum atomic E-state index is 11.0. The lowest BCUT2D eigenvalue weighted by atomic mass is 10.2. The molecule has 1 saturated heterocycles. The summed E-state index contributed by atoms with van der Waals surface area (Å²) < 4.78 is 7.29. The number of carbonyl (C=O) groups excluding carboxylic acids is 1. The Labute approximate surface area is 220 Å². The van der Waals surface area contributed by atoms with Gasteiger partial charge in [0.2, 0.25) is 5.95 Å². The van der Waals surface area contributed by atoms with Crippen LogP contribution in [0.25, 0.3) is 22.6 Å². The van der Waals surface area contributed by atoms with Crippen molar-refractivity contribution < 1.29 is 14.6 Å². The third kappa shape index (κ3) is 5.13. The van der Waals surface area contributed by atoms with Crippen LogP contribution in [-0.4, -0.2) is 99.3 Å². The first-order valence-electron chi connectivity index (χ1n) is 12.4. The van der Waals surface area contributed by atoms with E-state index in [0.29, 0.717) is 30.4 Å². The topological polar surface area (TPSA) is 126 Å². The van der Waals surface area contributed by atoms with Crippen molar-refractivity contribution in [3.63, 3.8) is 0 Å². The van der Waals surface area contributed by atoms with Crippen LogP contribution in [0.1, 0.15) is 16.2 Å². The number of aliphatic hydroxyl groups excluding tert-OH is 1. The predicted octanol–water partition coefficient (Wildman–Crippen LogP) is 1.39. The van der Waals surface area contributed by atoms with Crippen LogP contribution >= 0.6 is 0 Å². The lowest BCUT2D eigenvalue weighted by molar-refractivity contribution is 0.112. The monoisotopic (exact) mass is 517 g/mol. The Morgan fingerprint density at radius 1 is 1.05 bits per heavy atom. The van der Waals surface area contributed by atoms with Crippen molar-refractivity contribution in [2.45, 2.75) is 6.54 Å². The van der Waals surface area contributed by atoms with Gasteiger partial charge in [-0.05, 0) is 24.3 Å². The standard InChI is InChI=1S/C26H31N9O3/c1-32(26-27-14-18(17-37)15-28-26)16-21-29-22-24(33(21)2)30-23(19-4-6-20(38-3)7-5-19)31-25(22)35-10-8-34(9-11-35)12-13-36/h4-7,14-15,17,36H,8-13,16H2,1-3H3. The van der Waals surface area contributed by atoms with E-state index >= 15 is 0 Å². The average molecular weight is 518 g/mol. The minimum absolute atomic E-state index is 0.151. The van der Waals surface area contributed by atoms with E-state index in [9.17, 15) is 9.90 Å². The highest BCUT2D eigenvalue weighted by atomic mass is 16.5. The molecule has 12 heteroatoms. The molecular formula is C26H31N9O3. The van der Waals surface area contributed by atoms with E-state index in [4.69, 9.17) is 19.7 Å². The summed E-state index contributed by atoms with van der Waals surface area (Å²) >= 11 is 0. The van der Waals surface area contributed by atoms with Crippen LogP contribution in [0.5, 0.6) is 5.75 Å². The number of aldehydes is 1. The van der Waals surface area contributed by atoms with Crippen LogP contribution < -0.4 is 14.5 Å². The Bertz CT molecular complexity index is 1400. The molecule has 4 heterocycles. The first-order chi connectivity index (χ1) is 18.5. The van der Waals surface area contributed by atoms with E-state index in [-0.39, 0.29) is 6.61 Å². The smallest absolute Gasteiger partial charge is 0.225 e. The Hall–Kier alpha value is -4.16. The van der Waals surface area contributed by atoms with Crippen molar-refractivity contribution in [2.75, 3.05) is 63.3 Å². The fourth-order valence-electron chi connectivity index (χ4n) is 4.52. The van der Waals surface area contributed by atoms with Crippen LogP contribution in [0, 0.1) is 0 Å². The van der Waals surface area contributed by atoms with Crippen molar-refractivity contribution in [2.24, 2.45) is 7.05 Å². The lowest BCUT2D eigenvalue weighted by Crippen LogP contribution is -2.47. The third-order valence-electron chi connectivity index (χ3n) is 6.74. The Morgan fingerprint density at radius 2 is 1.76 bits per heavy atom. The summed E-state index contributed by atoms with van der Waals surface area (Å²) in [7, 11) is 5.47. The number of β-amino-alcohol motifs (C(OH)–C–C–N with tert-alkyl or cyclic N) is 1. The van der Waals surface area contributed by atoms with Crippen LogP contribution in [0.15, 0.2) is 36.7 Å². The highest BCUT2D eigenvalue weighted by Gasteiger charge is 2.25. The number of piperazine rings is 1. The molecule has 5 rings (SSSR count). The number of imidazole rings is 1. The fourth-order valence-corrected chi connectivity index (χ4v) is 4.52. The number of rotatable bonds is 9. The van der Waals surface area contributed by atoms with E-state index in [2.05, 4.69) is 19.8 Å². The van der Waals surface area contributed by atoms with Crippen molar-refractivity contribution in [1.82, 2.24) is 34.4 Å². The molecule has 4 aromatic rings. The van der Waals surface area contributed by atoms with Gasteiger partial charge in [-0.3, -0.25) is 9.69 Å². The molecule has 0 saturated carbocycles. The van der Waals surface area contributed by atoms with Gasteiger partial charge in [-0.25, -0.2) is 24.9 Å². The molecule has 3 aromatic heterocycles. The summed E-state index contributed by atoms with van der Waals surface area (Å²) in [6.45, 7) is 4.47. The van der Waals surface area contributed by atoms with E-state index in [1.807, 2.05) is 47.8 Å². The molecule has 1 fully saturated rings. The number of carbonyl (C=O) groups is 1. The molecule has 0 radical (unpaired) electrons. The summed E-state index contributed by atoms with van der Waals surface area (Å²) in [6, 6.07) is 7.70. The molecular weight excluding hydrogens is 486 g/mol. The van der Waals surface area contributed by atoms with E-state index < -0.39 is 0 Å². The molecule has 12 nitrogen and oxygen atoms in total. The van der Waals surface area contributed by atoms with E-state index in [0.717, 1.165) is 66.6 Å². The van der Waals surface area contributed by atoms with Crippen molar-refractivity contribution >= 4 is 29.2 Å². The highest BCUT2D eigenvalue weighted by molar-refractivity contribution is 5.86. The van der Waals surface area contributed by atoms with Gasteiger partial charge in [0, 0.05) is 64.8 Å². The van der Waals surface area contributed by atoms with Gasteiger partial charge in [0.15, 0.2) is 29.1 Å². The van der Waals surface area contributed by atoms with Crippen molar-refractivity contribution in [3.8, 4) is 17.1 Å². The molecule has 38 heavy (non-hydrogen) atoms. The highest BCUT2D eigenvalue weighted by Crippen LogP contribution is 2.29. The molecule has 1 aliphatic heterocycles. The van der Waals surface area contributed by atoms with E-state index in [1.165, 1.54) is 12.4 Å². The van der Waals surface area contributed by atoms with Crippen LogP contribution in [-0.2, 0) is 13.6 Å². The normalized spacial score (nSPS) is 14.2. The number of aromatic nitrogens is 6. The number of methoxy groups -OCH3 is 1. The molecule has 1 N–H and O–H groups in total. The predicted molar refractivity (Wildman–Crippen MR) is 144 cm³/mol. The van der Waals surface area contributed by atoms with Crippen molar-refractivity contribution in [3.05, 3.63) is 48.0 Å². The van der Waals surface area contributed by atoms with E-state index in [1.54, 1.807) is 7.11 Å². The molecule has 0 amide bonds. The van der Waals surface area contributed by atoms with Gasteiger partial charge in [0.05, 0.1) is 25.8 Å². The van der Waals surface area contributed by atoms with Gasteiger partial charge >= 0.3 is 0 Å². The number of nitrogens with zero attached hydrogens (tertiary/aromatic N) is 9. The van der Waals surface area contributed by atoms with Crippen LogP contribution in [0.4, 0.5) is 11.8 Å². The summed E-state index contributed by atoms with van der Waals surface area (Å²) in [5.41, 5.74) is 2.78. The zero-order valence-electron chi connectivity index (χ0n) is 21.8. The lowest BCUT2D eigenvalue weighted by Gasteiger charge is -2.35. The fraction of sp³-hybridized carbons (Fsp3) is 0.385. The number of aryl methyl sites for hydroxylation is 1. The maximum Gasteiger partial charge on any atom is 0.225 e. The minimum atomic E-state index is 0.151. The van der Waals surface area contributed by atoms with Gasteiger partial charge in [-0.2, -0.15) is 0 Å². The number of anilines is 2. The van der Waals surface area contributed by atoms with Crippen LogP contribution in [0.2, 0.25) is 0 Å². The van der Waals surface area contributed by atoms with Gasteiger partial charge in [0.1, 0.15) is 11.6 Å². The summed E-state index contributed by atoms with van der Waals surface area (Å²) in [5, 5.41) is 9.33. The van der Waals surface area contributed by atoms with Gasteiger partial charge < -0.3 is 24.2 Å². The summed E-state index contributed by atoms with van der Waals surface area (Å²) in [4.78, 5) is 40.8. The summed E-state index contributed by atoms with van der Waals surface area (Å²) in [5.74, 6) is 3.45. The number of hydrogen-bond acceptors (Lipinski definition) is 11. The SMILES string of the molecule is COc1ccc(-c2nc(N3CCN(CCO)CC3)c3nc(CN(C)c4ncc(C=O)cn4)n(C)c3n2)cc1.